The van der Waals surface area contributed by atoms with Gasteiger partial charge in [-0.1, -0.05) is 6.58 Å². The summed E-state index contributed by atoms with van der Waals surface area (Å²) >= 11 is -0.750. The molecule has 0 heterocycles. The van der Waals surface area contributed by atoms with E-state index in [1.54, 1.807) is 0 Å². The molecule has 0 spiro atoms. The van der Waals surface area contributed by atoms with Crippen LogP contribution in [0, 0.1) is 0 Å². The number of nitrogens with two attached hydrogens (primary N) is 1. The van der Waals surface area contributed by atoms with E-state index in [-0.39, 0.29) is 0 Å². The molecule has 0 fully saturated rings. The van der Waals surface area contributed by atoms with Crippen LogP contribution in [-0.2, 0) is 16.4 Å². The second-order valence-corrected chi connectivity index (χ2v) is 0.811. The van der Waals surface area contributed by atoms with Gasteiger partial charge in [-0.25, -0.2) is 0 Å². The van der Waals surface area contributed by atoms with Gasteiger partial charge in [0.2, 0.25) is 5.91 Å². The Kier molecular flexibility index (Phi) is 11.9. The molecule has 46 valence electrons. The van der Waals surface area contributed by atoms with Gasteiger partial charge in [0.05, 0.1) is 0 Å². The number of hydrogen-bond acceptors (Lipinski definition) is 3. The molecule has 0 unspecified atom stereocenters. The fourth-order valence-electron chi connectivity index (χ4n) is 0. The van der Waals surface area contributed by atoms with Gasteiger partial charge in [-0.05, 0) is 6.08 Å². The van der Waals surface area contributed by atoms with Crippen LogP contribution in [0.25, 0.3) is 0 Å². The van der Waals surface area contributed by atoms with E-state index in [0.29, 0.717) is 0 Å². The highest BCUT2D eigenvalue weighted by Gasteiger charge is 1.69. The van der Waals surface area contributed by atoms with Crippen LogP contribution >= 0.6 is 0 Å². The molecule has 0 aliphatic carbocycles. The lowest BCUT2D eigenvalue weighted by atomic mass is 10.6. The molecular formula is C3H5NO3S. The van der Waals surface area contributed by atoms with E-state index in [9.17, 15) is 4.79 Å². The zero-order chi connectivity index (χ0) is 6.99. The fraction of sp³-hybridized carbons (Fsp3) is 0. The highest BCUT2D eigenvalue weighted by atomic mass is 32.1. The Morgan fingerprint density at radius 1 is 1.62 bits per heavy atom. The van der Waals surface area contributed by atoms with Gasteiger partial charge < -0.3 is 5.73 Å². The minimum absolute atomic E-state index is 0.481. The Bertz CT molecular complexity index is 116. The first kappa shape index (κ1) is 10.1. The molecule has 0 aliphatic heterocycles. The summed E-state index contributed by atoms with van der Waals surface area (Å²) in [6, 6.07) is 0. The summed E-state index contributed by atoms with van der Waals surface area (Å²) < 4.78 is 16.6. The van der Waals surface area contributed by atoms with E-state index < -0.39 is 17.5 Å². The minimum atomic E-state index is -0.750. The minimum Gasteiger partial charge on any atom is -0.366 e. The Hall–Kier alpha value is -0.970. The molecule has 0 rings (SSSR count). The summed E-state index contributed by atoms with van der Waals surface area (Å²) in [5.74, 6) is -0.481. The SMILES string of the molecule is C=CC(N)=O.O=S=O. The maximum Gasteiger partial charge on any atom is 0.335 e. The summed E-state index contributed by atoms with van der Waals surface area (Å²) in [7, 11) is 0. The van der Waals surface area contributed by atoms with Gasteiger partial charge in [-0.3, -0.25) is 4.79 Å². The Labute approximate surface area is 50.0 Å². The molecule has 8 heavy (non-hydrogen) atoms. The van der Waals surface area contributed by atoms with Crippen LogP contribution in [0.5, 0.6) is 0 Å². The normalized spacial score (nSPS) is 5.50. The van der Waals surface area contributed by atoms with Crippen LogP contribution in [0.1, 0.15) is 0 Å². The highest BCUT2D eigenvalue weighted by molar-refractivity contribution is 7.51. The Morgan fingerprint density at radius 2 is 1.75 bits per heavy atom. The predicted molar refractivity (Wildman–Crippen MR) is 28.3 cm³/mol. The van der Waals surface area contributed by atoms with Crippen molar-refractivity contribution in [2.45, 2.75) is 0 Å². The van der Waals surface area contributed by atoms with Gasteiger partial charge in [0.1, 0.15) is 0 Å². The molecule has 0 saturated carbocycles. The third-order valence-corrected chi connectivity index (χ3v) is 0.201. The van der Waals surface area contributed by atoms with E-state index in [1.165, 1.54) is 0 Å². The number of rotatable bonds is 1. The number of primary amides is 1. The van der Waals surface area contributed by atoms with E-state index in [2.05, 4.69) is 12.3 Å². The topological polar surface area (TPSA) is 77.2 Å². The molecule has 0 aromatic heterocycles. The lowest BCUT2D eigenvalue weighted by Gasteiger charge is -1.65. The van der Waals surface area contributed by atoms with Crippen LogP contribution in [-0.4, -0.2) is 14.3 Å². The highest BCUT2D eigenvalue weighted by Crippen LogP contribution is 1.48. The van der Waals surface area contributed by atoms with Crippen molar-refractivity contribution in [2.24, 2.45) is 5.73 Å². The van der Waals surface area contributed by atoms with Crippen LogP contribution < -0.4 is 5.73 Å². The standard InChI is InChI=1S/C3H5NO.O2S/c1-2-3(4)5;1-3-2/h2H,1H2,(H2,4,5);. The van der Waals surface area contributed by atoms with Gasteiger partial charge in [0, 0.05) is 0 Å². The van der Waals surface area contributed by atoms with Crippen molar-refractivity contribution in [3.05, 3.63) is 12.7 Å². The fourth-order valence-corrected chi connectivity index (χ4v) is 0. The van der Waals surface area contributed by atoms with Crippen molar-refractivity contribution in [2.75, 3.05) is 0 Å². The van der Waals surface area contributed by atoms with Crippen molar-refractivity contribution in [1.82, 2.24) is 0 Å². The molecule has 5 heteroatoms. The van der Waals surface area contributed by atoms with Crippen molar-refractivity contribution in [3.63, 3.8) is 0 Å². The quantitative estimate of drug-likeness (QED) is 0.468. The van der Waals surface area contributed by atoms with Crippen molar-refractivity contribution in [1.29, 1.82) is 0 Å². The summed E-state index contributed by atoms with van der Waals surface area (Å²) in [6.45, 7) is 3.09. The van der Waals surface area contributed by atoms with Gasteiger partial charge in [-0.2, -0.15) is 8.42 Å². The van der Waals surface area contributed by atoms with Gasteiger partial charge in [-0.15, -0.1) is 0 Å². The molecule has 0 atom stereocenters. The van der Waals surface area contributed by atoms with E-state index in [1.807, 2.05) is 0 Å². The largest absolute Gasteiger partial charge is 0.366 e. The second kappa shape index (κ2) is 9.39. The van der Waals surface area contributed by atoms with Crippen molar-refractivity contribution < 1.29 is 13.2 Å². The zero-order valence-corrected chi connectivity index (χ0v) is 4.81. The van der Waals surface area contributed by atoms with E-state index in [0.717, 1.165) is 6.08 Å². The third-order valence-electron chi connectivity index (χ3n) is 0.201. The third kappa shape index (κ3) is 77.0. The molecule has 0 aliphatic rings. The van der Waals surface area contributed by atoms with Crippen LogP contribution in [0.3, 0.4) is 0 Å². The maximum absolute atomic E-state index is 9.47. The summed E-state index contributed by atoms with van der Waals surface area (Å²) in [5, 5.41) is 0. The number of amides is 1. The first-order valence-electron chi connectivity index (χ1n) is 1.52. The zero-order valence-electron chi connectivity index (χ0n) is 3.99. The maximum atomic E-state index is 9.47. The van der Waals surface area contributed by atoms with Crippen LogP contribution in [0.15, 0.2) is 12.7 Å². The summed E-state index contributed by atoms with van der Waals surface area (Å²) in [5.41, 5.74) is 4.53. The lowest BCUT2D eigenvalue weighted by Crippen LogP contribution is -2.04. The molecular weight excluding hydrogens is 130 g/mol. The van der Waals surface area contributed by atoms with E-state index in [4.69, 9.17) is 8.42 Å². The smallest absolute Gasteiger partial charge is 0.335 e. The van der Waals surface area contributed by atoms with Crippen LogP contribution in [0.4, 0.5) is 0 Å². The summed E-state index contributed by atoms with van der Waals surface area (Å²) in [6.07, 6.45) is 1.06. The Balaban J connectivity index is 0. The average molecular weight is 135 g/mol. The molecule has 0 aromatic carbocycles. The van der Waals surface area contributed by atoms with E-state index >= 15 is 0 Å². The monoisotopic (exact) mass is 135 g/mol. The molecule has 0 aromatic rings. The predicted octanol–water partition coefficient (Wildman–Crippen LogP) is -1.01. The first-order chi connectivity index (χ1) is 3.68. The second-order valence-electron chi connectivity index (χ2n) is 0.675. The lowest BCUT2D eigenvalue weighted by molar-refractivity contribution is -0.113. The Morgan fingerprint density at radius 3 is 1.75 bits per heavy atom. The van der Waals surface area contributed by atoms with Crippen molar-refractivity contribution in [3.8, 4) is 0 Å². The molecule has 2 N–H and O–H groups in total. The van der Waals surface area contributed by atoms with Crippen molar-refractivity contribution >= 4 is 17.5 Å². The summed E-state index contributed by atoms with van der Waals surface area (Å²) in [4.78, 5) is 9.47. The van der Waals surface area contributed by atoms with Gasteiger partial charge >= 0.3 is 11.6 Å². The number of hydrogen-bond donors (Lipinski definition) is 1. The molecule has 4 nitrogen and oxygen atoms in total. The molecule has 0 saturated heterocycles. The number of carbonyl (C=O) groups excluding carboxylic acids is 1. The van der Waals surface area contributed by atoms with Crippen LogP contribution in [0.2, 0.25) is 0 Å². The van der Waals surface area contributed by atoms with Gasteiger partial charge in [0.25, 0.3) is 0 Å². The average Bonchev–Trinajstić information content (AvgIpc) is 1.69. The van der Waals surface area contributed by atoms with Gasteiger partial charge in [0.15, 0.2) is 0 Å². The molecule has 1 amide bonds. The molecule has 0 bridgehead atoms. The molecule has 0 radical (unpaired) electrons. The first-order valence-corrected chi connectivity index (χ1v) is 2.19. The number of carbonyl (C=O) groups is 1.